The lowest BCUT2D eigenvalue weighted by atomic mass is 10.3. The Balaban J connectivity index is 1.90. The molecule has 10 heteroatoms. The van der Waals surface area contributed by atoms with Gasteiger partial charge in [-0.15, -0.1) is 0 Å². The van der Waals surface area contributed by atoms with Gasteiger partial charge in [-0.1, -0.05) is 0 Å². The van der Waals surface area contributed by atoms with Gasteiger partial charge >= 0.3 is 0 Å². The third kappa shape index (κ3) is 4.70. The number of hydrogen-bond donors (Lipinski definition) is 2. The van der Waals surface area contributed by atoms with Crippen LogP contribution in [0.15, 0.2) is 47.4 Å². The van der Waals surface area contributed by atoms with Gasteiger partial charge in [0.2, 0.25) is 10.0 Å². The molecule has 0 aliphatic rings. The Morgan fingerprint density at radius 3 is 2.12 bits per heavy atom. The van der Waals surface area contributed by atoms with Crippen molar-refractivity contribution >= 4 is 21.4 Å². The van der Waals surface area contributed by atoms with E-state index >= 15 is 0 Å². The number of benzene rings is 2. The highest BCUT2D eigenvalue weighted by molar-refractivity contribution is 7.89. The number of nitro benzene ring substituents is 1. The SMILES string of the molecule is O=[N+]([O-])c1ccc(NCCNS(=O)(=O)c2cc(F)cc(F)c2)cc1. The van der Waals surface area contributed by atoms with Crippen LogP contribution in [0.3, 0.4) is 0 Å². The highest BCUT2D eigenvalue weighted by atomic mass is 32.2. The van der Waals surface area contributed by atoms with Crippen LogP contribution < -0.4 is 10.0 Å². The summed E-state index contributed by atoms with van der Waals surface area (Å²) in [6.07, 6.45) is 0. The molecule has 2 N–H and O–H groups in total. The Bertz CT molecular complexity index is 821. The molecule has 0 radical (unpaired) electrons. The maximum Gasteiger partial charge on any atom is 0.269 e. The fourth-order valence-electron chi connectivity index (χ4n) is 1.86. The largest absolute Gasteiger partial charge is 0.384 e. The minimum atomic E-state index is -4.04. The average Bonchev–Trinajstić information content (AvgIpc) is 2.51. The lowest BCUT2D eigenvalue weighted by molar-refractivity contribution is -0.384. The van der Waals surface area contributed by atoms with Crippen LogP contribution in [-0.4, -0.2) is 26.4 Å². The molecule has 7 nitrogen and oxygen atoms in total. The van der Waals surface area contributed by atoms with E-state index in [1.807, 2.05) is 0 Å². The molecule has 0 aliphatic carbocycles. The molecule has 24 heavy (non-hydrogen) atoms. The second-order valence-electron chi connectivity index (χ2n) is 4.73. The van der Waals surface area contributed by atoms with Crippen molar-refractivity contribution in [2.75, 3.05) is 18.4 Å². The van der Waals surface area contributed by atoms with Gasteiger partial charge in [-0.3, -0.25) is 10.1 Å². The van der Waals surface area contributed by atoms with E-state index < -0.39 is 31.5 Å². The molecule has 0 spiro atoms. The lowest BCUT2D eigenvalue weighted by Crippen LogP contribution is -2.29. The van der Waals surface area contributed by atoms with Crippen molar-refractivity contribution < 1.29 is 22.1 Å². The van der Waals surface area contributed by atoms with E-state index in [2.05, 4.69) is 10.0 Å². The Morgan fingerprint density at radius 1 is 1.00 bits per heavy atom. The Labute approximate surface area is 136 Å². The maximum absolute atomic E-state index is 13.1. The van der Waals surface area contributed by atoms with Gasteiger partial charge in [0.05, 0.1) is 9.82 Å². The van der Waals surface area contributed by atoms with Gasteiger partial charge in [0.1, 0.15) is 11.6 Å². The molecule has 0 unspecified atom stereocenters. The molecule has 0 atom stereocenters. The van der Waals surface area contributed by atoms with Crippen molar-refractivity contribution in [1.29, 1.82) is 0 Å². The monoisotopic (exact) mass is 357 g/mol. The molecule has 0 aromatic heterocycles. The van der Waals surface area contributed by atoms with Crippen molar-refractivity contribution in [2.24, 2.45) is 0 Å². The number of nitro groups is 1. The first-order chi connectivity index (χ1) is 11.3. The Kier molecular flexibility index (Phi) is 5.42. The van der Waals surface area contributed by atoms with Crippen LogP contribution in [0.5, 0.6) is 0 Å². The molecule has 0 aliphatic heterocycles. The lowest BCUT2D eigenvalue weighted by Gasteiger charge is -2.09. The van der Waals surface area contributed by atoms with Crippen molar-refractivity contribution in [3.63, 3.8) is 0 Å². The molecule has 2 aromatic rings. The predicted molar refractivity (Wildman–Crippen MR) is 83.1 cm³/mol. The predicted octanol–water partition coefficient (Wildman–Crippen LogP) is 2.26. The van der Waals surface area contributed by atoms with Gasteiger partial charge in [-0.25, -0.2) is 21.9 Å². The van der Waals surface area contributed by atoms with Crippen LogP contribution in [0, 0.1) is 21.7 Å². The summed E-state index contributed by atoms with van der Waals surface area (Å²) in [7, 11) is -4.04. The molecule has 0 fully saturated rings. The first-order valence-corrected chi connectivity index (χ1v) is 8.20. The zero-order valence-electron chi connectivity index (χ0n) is 12.2. The molecule has 0 amide bonds. The van der Waals surface area contributed by atoms with Gasteiger partial charge < -0.3 is 5.32 Å². The summed E-state index contributed by atoms with van der Waals surface area (Å²) in [5.74, 6) is -1.97. The third-order valence-electron chi connectivity index (χ3n) is 2.97. The van der Waals surface area contributed by atoms with E-state index in [0.29, 0.717) is 11.8 Å². The summed E-state index contributed by atoms with van der Waals surface area (Å²) in [6, 6.07) is 7.59. The van der Waals surface area contributed by atoms with E-state index in [0.717, 1.165) is 12.1 Å². The number of nitrogens with zero attached hydrogens (tertiary/aromatic N) is 1. The van der Waals surface area contributed by atoms with Crippen LogP contribution >= 0.6 is 0 Å². The van der Waals surface area contributed by atoms with E-state index in [4.69, 9.17) is 0 Å². The van der Waals surface area contributed by atoms with E-state index in [-0.39, 0.29) is 18.8 Å². The van der Waals surface area contributed by atoms with E-state index in [1.54, 1.807) is 0 Å². The fraction of sp³-hybridized carbons (Fsp3) is 0.143. The fourth-order valence-corrected chi connectivity index (χ4v) is 2.93. The summed E-state index contributed by atoms with van der Waals surface area (Å²) in [6.45, 7) is 0.131. The second kappa shape index (κ2) is 7.32. The molecule has 0 saturated heterocycles. The van der Waals surface area contributed by atoms with Gasteiger partial charge in [-0.05, 0) is 24.3 Å². The van der Waals surface area contributed by atoms with Crippen LogP contribution in [0.2, 0.25) is 0 Å². The molecule has 128 valence electrons. The van der Waals surface area contributed by atoms with Gasteiger partial charge in [0.25, 0.3) is 5.69 Å². The standard InChI is InChI=1S/C14H13F2N3O4S/c15-10-7-11(16)9-14(8-10)24(22,23)18-6-5-17-12-1-3-13(4-2-12)19(20)21/h1-4,7-9,17-18H,5-6H2. The van der Waals surface area contributed by atoms with Crippen LogP contribution in [0.4, 0.5) is 20.2 Å². The van der Waals surface area contributed by atoms with Crippen molar-refractivity contribution in [3.8, 4) is 0 Å². The zero-order valence-corrected chi connectivity index (χ0v) is 13.0. The smallest absolute Gasteiger partial charge is 0.269 e. The summed E-state index contributed by atoms with van der Waals surface area (Å²) in [4.78, 5) is 9.48. The third-order valence-corrected chi connectivity index (χ3v) is 4.41. The molecule has 0 bridgehead atoms. The minimum Gasteiger partial charge on any atom is -0.384 e. The van der Waals surface area contributed by atoms with Crippen LogP contribution in [-0.2, 0) is 10.0 Å². The summed E-state index contributed by atoms with van der Waals surface area (Å²) < 4.78 is 52.2. The number of anilines is 1. The van der Waals surface area contributed by atoms with Gasteiger partial charge in [0.15, 0.2) is 0 Å². The first kappa shape index (κ1) is 17.8. The summed E-state index contributed by atoms with van der Waals surface area (Å²) in [5.41, 5.74) is 0.506. The molecule has 2 rings (SSSR count). The highest BCUT2D eigenvalue weighted by Crippen LogP contribution is 2.15. The zero-order chi connectivity index (χ0) is 17.7. The number of hydrogen-bond acceptors (Lipinski definition) is 5. The second-order valence-corrected chi connectivity index (χ2v) is 6.50. The van der Waals surface area contributed by atoms with Crippen molar-refractivity contribution in [1.82, 2.24) is 4.72 Å². The minimum absolute atomic E-state index is 0.0442. The Morgan fingerprint density at radius 2 is 1.58 bits per heavy atom. The average molecular weight is 357 g/mol. The van der Waals surface area contributed by atoms with E-state index in [9.17, 15) is 27.3 Å². The van der Waals surface area contributed by atoms with E-state index in [1.165, 1.54) is 24.3 Å². The molecular formula is C14H13F2N3O4S. The van der Waals surface area contributed by atoms with Gasteiger partial charge in [-0.2, -0.15) is 0 Å². The highest BCUT2D eigenvalue weighted by Gasteiger charge is 2.15. The number of nitrogens with one attached hydrogen (secondary N) is 2. The number of non-ortho nitro benzene ring substituents is 1. The summed E-state index contributed by atoms with van der Waals surface area (Å²) in [5, 5.41) is 13.4. The van der Waals surface area contributed by atoms with Crippen molar-refractivity contribution in [3.05, 3.63) is 64.2 Å². The van der Waals surface area contributed by atoms with Crippen LogP contribution in [0.1, 0.15) is 0 Å². The van der Waals surface area contributed by atoms with Gasteiger partial charge in [0, 0.05) is 37.0 Å². The number of sulfonamides is 1. The molecule has 2 aromatic carbocycles. The Hall–Kier alpha value is -2.59. The number of rotatable bonds is 7. The van der Waals surface area contributed by atoms with Crippen LogP contribution in [0.25, 0.3) is 0 Å². The quantitative estimate of drug-likeness (QED) is 0.450. The van der Waals surface area contributed by atoms with Crippen molar-refractivity contribution in [2.45, 2.75) is 4.90 Å². The normalized spacial score (nSPS) is 11.2. The molecule has 0 heterocycles. The topological polar surface area (TPSA) is 101 Å². The molecular weight excluding hydrogens is 344 g/mol. The first-order valence-electron chi connectivity index (χ1n) is 6.72. The number of halogens is 2. The maximum atomic E-state index is 13.1. The summed E-state index contributed by atoms with van der Waals surface area (Å²) >= 11 is 0. The molecule has 0 saturated carbocycles.